The van der Waals surface area contributed by atoms with Crippen LogP contribution in [0.2, 0.25) is 5.02 Å². The van der Waals surface area contributed by atoms with Crippen LogP contribution in [-0.4, -0.2) is 15.9 Å². The van der Waals surface area contributed by atoms with E-state index in [1.165, 1.54) is 0 Å². The fraction of sp³-hybridized carbons (Fsp3) is 0.150. The Labute approximate surface area is 156 Å². The summed E-state index contributed by atoms with van der Waals surface area (Å²) in [6, 6.07) is 12.8. The third kappa shape index (κ3) is 3.53. The van der Waals surface area contributed by atoms with Gasteiger partial charge in [-0.2, -0.15) is 0 Å². The minimum Gasteiger partial charge on any atom is -0.341 e. The van der Waals surface area contributed by atoms with Gasteiger partial charge < -0.3 is 10.3 Å². The van der Waals surface area contributed by atoms with Crippen LogP contribution in [0.5, 0.6) is 0 Å². The summed E-state index contributed by atoms with van der Waals surface area (Å²) in [5, 5.41) is 3.33. The zero-order chi connectivity index (χ0) is 18.7. The number of aryl methyl sites for hydroxylation is 1. The number of nitrogens with zero attached hydrogens (tertiary/aromatic N) is 1. The monoisotopic (exact) mass is 367 g/mol. The molecular formula is C20H18ClN3O2. The highest BCUT2D eigenvalue weighted by molar-refractivity contribution is 6.32. The van der Waals surface area contributed by atoms with Gasteiger partial charge in [0.15, 0.2) is 0 Å². The highest BCUT2D eigenvalue weighted by atomic mass is 35.5. The van der Waals surface area contributed by atoms with Crippen molar-refractivity contribution < 1.29 is 4.79 Å². The van der Waals surface area contributed by atoms with E-state index in [2.05, 4.69) is 15.3 Å². The first-order valence-electron chi connectivity index (χ1n) is 8.13. The number of nitrogens with one attached hydrogen (secondary N) is 2. The van der Waals surface area contributed by atoms with Crippen LogP contribution < -0.4 is 10.9 Å². The summed E-state index contributed by atoms with van der Waals surface area (Å²) < 4.78 is 0. The van der Waals surface area contributed by atoms with Crippen LogP contribution in [0.25, 0.3) is 0 Å². The highest BCUT2D eigenvalue weighted by Gasteiger charge is 2.22. The zero-order valence-corrected chi connectivity index (χ0v) is 15.2. The predicted octanol–water partition coefficient (Wildman–Crippen LogP) is 3.56. The van der Waals surface area contributed by atoms with E-state index in [4.69, 9.17) is 11.6 Å². The number of aromatic amines is 1. The maximum absolute atomic E-state index is 12.9. The third-order valence-corrected chi connectivity index (χ3v) is 4.80. The van der Waals surface area contributed by atoms with Crippen LogP contribution in [0.3, 0.4) is 0 Å². The molecule has 6 heteroatoms. The predicted molar refractivity (Wildman–Crippen MR) is 102 cm³/mol. The van der Waals surface area contributed by atoms with E-state index >= 15 is 0 Å². The first-order chi connectivity index (χ1) is 12.5. The molecule has 1 atom stereocenters. The summed E-state index contributed by atoms with van der Waals surface area (Å²) in [6.45, 7) is 3.37. The van der Waals surface area contributed by atoms with Crippen LogP contribution in [0, 0.1) is 13.8 Å². The van der Waals surface area contributed by atoms with Crippen molar-refractivity contribution in [3.63, 3.8) is 0 Å². The summed E-state index contributed by atoms with van der Waals surface area (Å²) in [4.78, 5) is 31.9. The van der Waals surface area contributed by atoms with Gasteiger partial charge >= 0.3 is 0 Å². The quantitative estimate of drug-likeness (QED) is 0.740. The second-order valence-corrected chi connectivity index (χ2v) is 6.37. The molecule has 26 heavy (non-hydrogen) atoms. The SMILES string of the molecule is Cc1[nH]c(=O)c(C(=O)NC(c2ccccc2)c2ccncc2)c(C)c1Cl. The Morgan fingerprint density at radius 2 is 1.69 bits per heavy atom. The lowest BCUT2D eigenvalue weighted by molar-refractivity contribution is 0.0940. The average molecular weight is 368 g/mol. The molecule has 0 saturated heterocycles. The molecule has 0 fully saturated rings. The Bertz CT molecular complexity index is 946. The molecule has 2 aromatic heterocycles. The van der Waals surface area contributed by atoms with Crippen molar-refractivity contribution in [2.24, 2.45) is 0 Å². The molecule has 1 aromatic carbocycles. The van der Waals surface area contributed by atoms with E-state index < -0.39 is 17.5 Å². The van der Waals surface area contributed by atoms with Gasteiger partial charge in [-0.3, -0.25) is 14.6 Å². The molecule has 0 aliphatic heterocycles. The number of amides is 1. The van der Waals surface area contributed by atoms with E-state index in [0.29, 0.717) is 16.3 Å². The van der Waals surface area contributed by atoms with Gasteiger partial charge in [0.1, 0.15) is 5.56 Å². The van der Waals surface area contributed by atoms with Crippen molar-refractivity contribution in [1.29, 1.82) is 0 Å². The maximum Gasteiger partial charge on any atom is 0.261 e. The van der Waals surface area contributed by atoms with Gasteiger partial charge in [-0.25, -0.2) is 0 Å². The third-order valence-electron chi connectivity index (χ3n) is 4.24. The number of carbonyl (C=O) groups excluding carboxylic acids is 1. The smallest absolute Gasteiger partial charge is 0.261 e. The largest absolute Gasteiger partial charge is 0.341 e. The summed E-state index contributed by atoms with van der Waals surface area (Å²) in [5.41, 5.74) is 2.34. The van der Waals surface area contributed by atoms with E-state index in [1.807, 2.05) is 42.5 Å². The van der Waals surface area contributed by atoms with E-state index in [1.54, 1.807) is 26.2 Å². The molecule has 0 radical (unpaired) electrons. The number of pyridine rings is 2. The van der Waals surface area contributed by atoms with Gasteiger partial charge in [-0.15, -0.1) is 0 Å². The second kappa shape index (κ2) is 7.54. The van der Waals surface area contributed by atoms with Gasteiger partial charge in [0.25, 0.3) is 11.5 Å². The Hall–Kier alpha value is -2.92. The average Bonchev–Trinajstić information content (AvgIpc) is 2.65. The van der Waals surface area contributed by atoms with Crippen molar-refractivity contribution in [3.05, 3.63) is 98.2 Å². The summed E-state index contributed by atoms with van der Waals surface area (Å²) in [7, 11) is 0. The minimum atomic E-state index is -0.476. The number of aromatic nitrogens is 2. The van der Waals surface area contributed by atoms with E-state index in [9.17, 15) is 9.59 Å². The Morgan fingerprint density at radius 3 is 2.35 bits per heavy atom. The molecule has 0 saturated carbocycles. The Kier molecular flexibility index (Phi) is 5.19. The molecule has 0 aliphatic carbocycles. The van der Waals surface area contributed by atoms with Crippen LogP contribution in [-0.2, 0) is 0 Å². The number of rotatable bonds is 4. The highest BCUT2D eigenvalue weighted by Crippen LogP contribution is 2.23. The van der Waals surface area contributed by atoms with Crippen molar-refractivity contribution in [2.75, 3.05) is 0 Å². The summed E-state index contributed by atoms with van der Waals surface area (Å²) in [5.74, 6) is -0.476. The first kappa shape index (κ1) is 17.9. The maximum atomic E-state index is 12.9. The first-order valence-corrected chi connectivity index (χ1v) is 8.51. The summed E-state index contributed by atoms with van der Waals surface area (Å²) in [6.07, 6.45) is 3.33. The molecule has 3 aromatic rings. The molecule has 2 heterocycles. The Balaban J connectivity index is 2.02. The van der Waals surface area contributed by atoms with Crippen LogP contribution >= 0.6 is 11.6 Å². The second-order valence-electron chi connectivity index (χ2n) is 5.99. The molecule has 1 unspecified atom stereocenters. The zero-order valence-electron chi connectivity index (χ0n) is 14.4. The lowest BCUT2D eigenvalue weighted by Gasteiger charge is -2.20. The molecule has 132 valence electrons. The van der Waals surface area contributed by atoms with E-state index in [-0.39, 0.29) is 5.56 Å². The number of halogens is 1. The number of carbonyl (C=O) groups is 1. The fourth-order valence-electron chi connectivity index (χ4n) is 2.89. The lowest BCUT2D eigenvalue weighted by Crippen LogP contribution is -2.34. The van der Waals surface area contributed by atoms with Gasteiger partial charge in [0.2, 0.25) is 0 Å². The fourth-order valence-corrected chi connectivity index (χ4v) is 3.03. The number of benzene rings is 1. The lowest BCUT2D eigenvalue weighted by atomic mass is 9.99. The van der Waals surface area contributed by atoms with Crippen molar-refractivity contribution in [2.45, 2.75) is 19.9 Å². The van der Waals surface area contributed by atoms with Gasteiger partial charge in [0, 0.05) is 18.1 Å². The van der Waals surface area contributed by atoms with Crippen LogP contribution in [0.15, 0.2) is 59.7 Å². The van der Waals surface area contributed by atoms with Crippen LogP contribution in [0.4, 0.5) is 0 Å². The topological polar surface area (TPSA) is 74.8 Å². The molecule has 2 N–H and O–H groups in total. The molecular weight excluding hydrogens is 350 g/mol. The Morgan fingerprint density at radius 1 is 1.08 bits per heavy atom. The molecule has 5 nitrogen and oxygen atoms in total. The van der Waals surface area contributed by atoms with Gasteiger partial charge in [-0.05, 0) is 42.7 Å². The normalized spacial score (nSPS) is 11.8. The number of hydrogen-bond donors (Lipinski definition) is 2. The minimum absolute atomic E-state index is 0.0237. The molecule has 1 amide bonds. The van der Waals surface area contributed by atoms with Crippen molar-refractivity contribution in [3.8, 4) is 0 Å². The van der Waals surface area contributed by atoms with E-state index in [0.717, 1.165) is 11.1 Å². The summed E-state index contributed by atoms with van der Waals surface area (Å²) >= 11 is 6.21. The van der Waals surface area contributed by atoms with Crippen molar-refractivity contribution >= 4 is 17.5 Å². The number of H-pyrrole nitrogens is 1. The molecule has 0 aliphatic rings. The standard InChI is InChI=1S/C20H18ClN3O2/c1-12-16(19(25)23-13(2)17(12)21)20(26)24-18(14-6-4-3-5-7-14)15-8-10-22-11-9-15/h3-11,18H,1-2H3,(H,23,25)(H,24,26). The molecule has 3 rings (SSSR count). The van der Waals surface area contributed by atoms with Crippen molar-refractivity contribution in [1.82, 2.24) is 15.3 Å². The molecule has 0 spiro atoms. The van der Waals surface area contributed by atoms with Gasteiger partial charge in [-0.1, -0.05) is 41.9 Å². The van der Waals surface area contributed by atoms with Gasteiger partial charge in [0.05, 0.1) is 11.1 Å². The molecule has 0 bridgehead atoms. The number of hydrogen-bond acceptors (Lipinski definition) is 3. The van der Waals surface area contributed by atoms with Crippen LogP contribution in [0.1, 0.15) is 38.8 Å².